The first-order valence-corrected chi connectivity index (χ1v) is 10.3. The zero-order chi connectivity index (χ0) is 19.2. The minimum Gasteiger partial charge on any atom is -0.346 e. The van der Waals surface area contributed by atoms with Crippen molar-refractivity contribution in [1.82, 2.24) is 10.2 Å². The van der Waals surface area contributed by atoms with Crippen molar-refractivity contribution in [3.05, 3.63) is 70.8 Å². The van der Waals surface area contributed by atoms with Crippen LogP contribution in [0.4, 0.5) is 0 Å². The van der Waals surface area contributed by atoms with E-state index < -0.39 is 0 Å². The molecule has 1 aliphatic rings. The maximum absolute atomic E-state index is 12.6. The summed E-state index contributed by atoms with van der Waals surface area (Å²) in [5.74, 6) is 0.775. The van der Waals surface area contributed by atoms with E-state index >= 15 is 0 Å². The SMILES string of the molecule is CCc1ccc([C@H](C)NC(=O)c2ccc(CN3CCC[C@H](C)C3)cc2)cc1. The van der Waals surface area contributed by atoms with Gasteiger partial charge in [0.2, 0.25) is 0 Å². The van der Waals surface area contributed by atoms with Crippen LogP contribution in [0.25, 0.3) is 0 Å². The Labute approximate surface area is 163 Å². The average molecular weight is 365 g/mol. The first-order valence-electron chi connectivity index (χ1n) is 10.3. The molecule has 1 aliphatic heterocycles. The van der Waals surface area contributed by atoms with Crippen LogP contribution in [-0.4, -0.2) is 23.9 Å². The Hall–Kier alpha value is -2.13. The summed E-state index contributed by atoms with van der Waals surface area (Å²) < 4.78 is 0. The van der Waals surface area contributed by atoms with Crippen LogP contribution in [-0.2, 0) is 13.0 Å². The highest BCUT2D eigenvalue weighted by Gasteiger charge is 2.16. The van der Waals surface area contributed by atoms with Crippen LogP contribution in [0.5, 0.6) is 0 Å². The Bertz CT molecular complexity index is 736. The highest BCUT2D eigenvalue weighted by molar-refractivity contribution is 5.94. The molecular weight excluding hydrogens is 332 g/mol. The molecule has 0 bridgehead atoms. The van der Waals surface area contributed by atoms with E-state index in [0.29, 0.717) is 0 Å². The van der Waals surface area contributed by atoms with Crippen LogP contribution in [0, 0.1) is 5.92 Å². The standard InChI is InChI=1S/C24H32N2O/c1-4-20-7-11-22(12-8-20)19(3)25-24(27)23-13-9-21(10-14-23)17-26-15-5-6-18(2)16-26/h7-14,18-19H,4-6,15-17H2,1-3H3,(H,25,27)/t18-,19-/m0/s1. The van der Waals surface area contributed by atoms with Crippen molar-refractivity contribution in [3.63, 3.8) is 0 Å². The van der Waals surface area contributed by atoms with Gasteiger partial charge in [-0.3, -0.25) is 9.69 Å². The highest BCUT2D eigenvalue weighted by Crippen LogP contribution is 2.19. The highest BCUT2D eigenvalue weighted by atomic mass is 16.1. The minimum atomic E-state index is -0.0137. The molecule has 0 radical (unpaired) electrons. The van der Waals surface area contributed by atoms with Gasteiger partial charge in [-0.1, -0.05) is 50.2 Å². The molecule has 1 fully saturated rings. The van der Waals surface area contributed by atoms with Gasteiger partial charge in [0.25, 0.3) is 5.91 Å². The Kier molecular flexibility index (Phi) is 6.68. The molecule has 1 N–H and O–H groups in total. The topological polar surface area (TPSA) is 32.3 Å². The second kappa shape index (κ2) is 9.18. The maximum Gasteiger partial charge on any atom is 0.251 e. The van der Waals surface area contributed by atoms with Gasteiger partial charge in [-0.05, 0) is 67.5 Å². The van der Waals surface area contributed by atoms with Gasteiger partial charge in [-0.15, -0.1) is 0 Å². The van der Waals surface area contributed by atoms with Crippen molar-refractivity contribution in [3.8, 4) is 0 Å². The largest absolute Gasteiger partial charge is 0.346 e. The van der Waals surface area contributed by atoms with Crippen LogP contribution < -0.4 is 5.32 Å². The zero-order valence-electron chi connectivity index (χ0n) is 16.9. The van der Waals surface area contributed by atoms with Crippen molar-refractivity contribution < 1.29 is 4.79 Å². The zero-order valence-corrected chi connectivity index (χ0v) is 16.9. The third-order valence-corrected chi connectivity index (χ3v) is 5.60. The summed E-state index contributed by atoms with van der Waals surface area (Å²) in [6, 6.07) is 16.6. The third kappa shape index (κ3) is 5.43. The van der Waals surface area contributed by atoms with Crippen molar-refractivity contribution >= 4 is 5.91 Å². The molecule has 144 valence electrons. The monoisotopic (exact) mass is 364 g/mol. The fourth-order valence-electron chi connectivity index (χ4n) is 3.86. The summed E-state index contributed by atoms with van der Waals surface area (Å²) >= 11 is 0. The van der Waals surface area contributed by atoms with Gasteiger partial charge in [0, 0.05) is 18.7 Å². The maximum atomic E-state index is 12.6. The van der Waals surface area contributed by atoms with Gasteiger partial charge >= 0.3 is 0 Å². The molecule has 1 amide bonds. The molecule has 3 heteroatoms. The molecule has 27 heavy (non-hydrogen) atoms. The van der Waals surface area contributed by atoms with Gasteiger partial charge in [-0.2, -0.15) is 0 Å². The van der Waals surface area contributed by atoms with Gasteiger partial charge in [-0.25, -0.2) is 0 Å². The van der Waals surface area contributed by atoms with Crippen LogP contribution in [0.15, 0.2) is 48.5 Å². The smallest absolute Gasteiger partial charge is 0.251 e. The molecule has 1 saturated heterocycles. The number of likely N-dealkylation sites (tertiary alicyclic amines) is 1. The fourth-order valence-corrected chi connectivity index (χ4v) is 3.86. The Morgan fingerprint density at radius 2 is 1.78 bits per heavy atom. The van der Waals surface area contributed by atoms with Gasteiger partial charge in [0.1, 0.15) is 0 Å². The number of aryl methyl sites for hydroxylation is 1. The van der Waals surface area contributed by atoms with E-state index in [1.807, 2.05) is 19.1 Å². The second-order valence-corrected chi connectivity index (χ2v) is 7.97. The van der Waals surface area contributed by atoms with E-state index in [4.69, 9.17) is 0 Å². The summed E-state index contributed by atoms with van der Waals surface area (Å²) in [6.45, 7) is 9.85. The van der Waals surface area contributed by atoms with Crippen LogP contribution >= 0.6 is 0 Å². The van der Waals surface area contributed by atoms with E-state index in [1.54, 1.807) is 0 Å². The lowest BCUT2D eigenvalue weighted by Gasteiger charge is -2.30. The number of amides is 1. The number of carbonyl (C=O) groups excluding carboxylic acids is 1. The van der Waals surface area contributed by atoms with E-state index in [9.17, 15) is 4.79 Å². The number of rotatable bonds is 6. The van der Waals surface area contributed by atoms with Crippen molar-refractivity contribution in [1.29, 1.82) is 0 Å². The number of nitrogens with one attached hydrogen (secondary N) is 1. The van der Waals surface area contributed by atoms with E-state index in [2.05, 4.69) is 60.5 Å². The van der Waals surface area contributed by atoms with Crippen LogP contribution in [0.2, 0.25) is 0 Å². The molecule has 0 aromatic heterocycles. The van der Waals surface area contributed by atoms with E-state index in [1.165, 1.54) is 37.1 Å². The van der Waals surface area contributed by atoms with E-state index in [-0.39, 0.29) is 11.9 Å². The summed E-state index contributed by atoms with van der Waals surface area (Å²) in [5.41, 5.74) is 4.46. The molecule has 3 rings (SSSR count). The number of carbonyl (C=O) groups is 1. The number of piperidine rings is 1. The van der Waals surface area contributed by atoms with E-state index in [0.717, 1.165) is 30.0 Å². The normalized spacial score (nSPS) is 18.9. The molecule has 2 atom stereocenters. The minimum absolute atomic E-state index is 0.00193. The Morgan fingerprint density at radius 1 is 1.11 bits per heavy atom. The molecule has 2 aromatic rings. The molecule has 0 saturated carbocycles. The fraction of sp³-hybridized carbons (Fsp3) is 0.458. The lowest BCUT2D eigenvalue weighted by Crippen LogP contribution is -2.33. The molecule has 0 aliphatic carbocycles. The summed E-state index contributed by atoms with van der Waals surface area (Å²) in [7, 11) is 0. The molecule has 1 heterocycles. The summed E-state index contributed by atoms with van der Waals surface area (Å²) in [4.78, 5) is 15.1. The van der Waals surface area contributed by atoms with Gasteiger partial charge in [0.15, 0.2) is 0 Å². The predicted molar refractivity (Wildman–Crippen MR) is 112 cm³/mol. The third-order valence-electron chi connectivity index (χ3n) is 5.60. The lowest BCUT2D eigenvalue weighted by molar-refractivity contribution is 0.0940. The number of hydrogen-bond donors (Lipinski definition) is 1. The first kappa shape index (κ1) is 19.6. The molecule has 3 nitrogen and oxygen atoms in total. The van der Waals surface area contributed by atoms with Crippen LogP contribution in [0.3, 0.4) is 0 Å². The second-order valence-electron chi connectivity index (χ2n) is 7.97. The van der Waals surface area contributed by atoms with Crippen LogP contribution in [0.1, 0.15) is 66.7 Å². The van der Waals surface area contributed by atoms with Crippen molar-refractivity contribution in [2.45, 2.75) is 52.6 Å². The molecular formula is C24H32N2O. The lowest BCUT2D eigenvalue weighted by atomic mass is 9.99. The average Bonchev–Trinajstić information content (AvgIpc) is 2.68. The molecule has 0 spiro atoms. The number of nitrogens with zero attached hydrogens (tertiary/aromatic N) is 1. The van der Waals surface area contributed by atoms with Crippen molar-refractivity contribution in [2.75, 3.05) is 13.1 Å². The number of hydrogen-bond acceptors (Lipinski definition) is 2. The summed E-state index contributed by atoms with van der Waals surface area (Å²) in [5, 5.41) is 3.11. The molecule has 2 aromatic carbocycles. The quantitative estimate of drug-likeness (QED) is 0.785. The van der Waals surface area contributed by atoms with Gasteiger partial charge in [0.05, 0.1) is 6.04 Å². The Morgan fingerprint density at radius 3 is 2.41 bits per heavy atom. The van der Waals surface area contributed by atoms with Crippen molar-refractivity contribution in [2.24, 2.45) is 5.92 Å². The summed E-state index contributed by atoms with van der Waals surface area (Å²) in [6.07, 6.45) is 3.66. The number of benzene rings is 2. The Balaban J connectivity index is 1.56. The first-order chi connectivity index (χ1) is 13.0. The predicted octanol–water partition coefficient (Wildman–Crippen LogP) is 4.97. The van der Waals surface area contributed by atoms with Gasteiger partial charge < -0.3 is 5.32 Å². The molecule has 0 unspecified atom stereocenters.